The first-order valence-corrected chi connectivity index (χ1v) is 13.2. The molecule has 0 radical (unpaired) electrons. The summed E-state index contributed by atoms with van der Waals surface area (Å²) in [6.45, 7) is 6.05. The topological polar surface area (TPSA) is 75.7 Å². The lowest BCUT2D eigenvalue weighted by atomic mass is 9.88. The molecule has 1 aliphatic rings. The minimum absolute atomic E-state index is 0.168. The Labute approximate surface area is 192 Å². The Balaban J connectivity index is 1.80. The average Bonchev–Trinajstić information content (AvgIpc) is 2.77. The van der Waals surface area contributed by atoms with Crippen LogP contribution in [0, 0.1) is 0 Å². The number of amides is 1. The molecule has 1 aliphatic carbocycles. The van der Waals surface area contributed by atoms with Gasteiger partial charge in [0, 0.05) is 0 Å². The first-order chi connectivity index (χ1) is 15.2. The van der Waals surface area contributed by atoms with Crippen molar-refractivity contribution in [3.05, 3.63) is 59.2 Å². The first kappa shape index (κ1) is 24.1. The van der Waals surface area contributed by atoms with E-state index >= 15 is 0 Å². The van der Waals surface area contributed by atoms with Crippen molar-refractivity contribution in [2.45, 2.75) is 65.0 Å². The molecule has 2 unspecified atom stereocenters. The average molecular weight is 459 g/mol. The van der Waals surface area contributed by atoms with E-state index in [1.165, 1.54) is 24.0 Å². The summed E-state index contributed by atoms with van der Waals surface area (Å²) in [6, 6.07) is 12.2. The molecular formula is C25H34N2O4S. The number of aryl methyl sites for hydroxylation is 2. The van der Waals surface area contributed by atoms with Gasteiger partial charge >= 0.3 is 0 Å². The van der Waals surface area contributed by atoms with Crippen LogP contribution in [0.1, 0.15) is 62.8 Å². The van der Waals surface area contributed by atoms with Gasteiger partial charge in [-0.1, -0.05) is 25.1 Å². The molecule has 0 saturated carbocycles. The number of nitrogens with one attached hydrogen (secondary N) is 1. The number of carbonyl (C=O) groups is 1. The summed E-state index contributed by atoms with van der Waals surface area (Å²) >= 11 is 0. The maximum Gasteiger partial charge on any atom is 0.244 e. The van der Waals surface area contributed by atoms with Crippen molar-refractivity contribution in [2.75, 3.05) is 17.2 Å². The lowest BCUT2D eigenvalue weighted by Gasteiger charge is -2.30. The van der Waals surface area contributed by atoms with Gasteiger partial charge in [0.2, 0.25) is 15.9 Å². The summed E-state index contributed by atoms with van der Waals surface area (Å²) in [5.41, 5.74) is 4.26. The highest BCUT2D eigenvalue weighted by Gasteiger charge is 2.30. The minimum Gasteiger partial charge on any atom is -0.494 e. The number of nitrogens with zero attached hydrogens (tertiary/aromatic N) is 1. The number of hydrogen-bond donors (Lipinski definition) is 1. The van der Waals surface area contributed by atoms with Crippen molar-refractivity contribution in [3.8, 4) is 5.75 Å². The van der Waals surface area contributed by atoms with Crippen LogP contribution in [0.15, 0.2) is 42.5 Å². The summed E-state index contributed by atoms with van der Waals surface area (Å²) in [6.07, 6.45) is 6.45. The van der Waals surface area contributed by atoms with Gasteiger partial charge in [-0.05, 0) is 86.9 Å². The van der Waals surface area contributed by atoms with E-state index in [0.717, 1.165) is 35.4 Å². The fraction of sp³-hybridized carbons (Fsp3) is 0.480. The van der Waals surface area contributed by atoms with Crippen LogP contribution in [0.5, 0.6) is 5.75 Å². The highest BCUT2D eigenvalue weighted by Crippen LogP contribution is 2.27. The van der Waals surface area contributed by atoms with E-state index in [1.807, 2.05) is 13.8 Å². The van der Waals surface area contributed by atoms with Crippen LogP contribution in [-0.4, -0.2) is 33.2 Å². The zero-order valence-corrected chi connectivity index (χ0v) is 20.2. The number of benzene rings is 2. The normalized spacial score (nSPS) is 15.4. The van der Waals surface area contributed by atoms with Gasteiger partial charge in [0.05, 0.1) is 24.6 Å². The van der Waals surface area contributed by atoms with Crippen LogP contribution in [0.3, 0.4) is 0 Å². The van der Waals surface area contributed by atoms with Gasteiger partial charge in [-0.3, -0.25) is 9.10 Å². The number of fused-ring (bicyclic) bond motifs is 1. The number of anilines is 1. The monoisotopic (exact) mass is 458 g/mol. The number of carbonyl (C=O) groups excluding carboxylic acids is 1. The van der Waals surface area contributed by atoms with Crippen LogP contribution in [0.25, 0.3) is 0 Å². The predicted molar refractivity (Wildman–Crippen MR) is 129 cm³/mol. The zero-order chi connectivity index (χ0) is 23.3. The molecule has 1 N–H and O–H groups in total. The Morgan fingerprint density at radius 1 is 1.06 bits per heavy atom. The second-order valence-corrected chi connectivity index (χ2v) is 10.2. The SMILES string of the molecule is CCOc1ccc(N(C(C)C(=O)NC(CC)c2ccc3c(c2)CCCC3)S(C)(=O)=O)cc1. The molecule has 32 heavy (non-hydrogen) atoms. The molecule has 6 nitrogen and oxygen atoms in total. The van der Waals surface area contributed by atoms with Crippen molar-refractivity contribution < 1.29 is 17.9 Å². The fourth-order valence-corrected chi connectivity index (χ4v) is 5.52. The van der Waals surface area contributed by atoms with E-state index in [9.17, 15) is 13.2 Å². The molecule has 174 valence electrons. The van der Waals surface area contributed by atoms with Crippen molar-refractivity contribution in [1.29, 1.82) is 0 Å². The number of hydrogen-bond acceptors (Lipinski definition) is 4. The molecule has 2 aromatic rings. The lowest BCUT2D eigenvalue weighted by molar-refractivity contribution is -0.122. The van der Waals surface area contributed by atoms with Crippen molar-refractivity contribution in [3.63, 3.8) is 0 Å². The van der Waals surface area contributed by atoms with E-state index in [0.29, 0.717) is 18.0 Å². The third-order valence-corrected chi connectivity index (χ3v) is 7.23. The third kappa shape index (κ3) is 5.63. The van der Waals surface area contributed by atoms with Crippen LogP contribution in [0.2, 0.25) is 0 Å². The first-order valence-electron chi connectivity index (χ1n) is 11.4. The summed E-state index contributed by atoms with van der Waals surface area (Å²) in [5, 5.41) is 3.07. The zero-order valence-electron chi connectivity index (χ0n) is 19.4. The predicted octanol–water partition coefficient (Wildman–Crippen LogP) is 4.39. The van der Waals surface area contributed by atoms with Gasteiger partial charge in [0.1, 0.15) is 11.8 Å². The third-order valence-electron chi connectivity index (χ3n) is 5.99. The van der Waals surface area contributed by atoms with Gasteiger partial charge in [0.25, 0.3) is 0 Å². The largest absolute Gasteiger partial charge is 0.494 e. The van der Waals surface area contributed by atoms with Crippen LogP contribution in [0.4, 0.5) is 5.69 Å². The van der Waals surface area contributed by atoms with E-state index in [4.69, 9.17) is 4.74 Å². The minimum atomic E-state index is -3.67. The molecule has 0 aliphatic heterocycles. The van der Waals surface area contributed by atoms with Crippen LogP contribution in [-0.2, 0) is 27.7 Å². The van der Waals surface area contributed by atoms with E-state index in [2.05, 4.69) is 23.5 Å². The summed E-state index contributed by atoms with van der Waals surface area (Å²) in [4.78, 5) is 13.2. The fourth-order valence-electron chi connectivity index (χ4n) is 4.35. The standard InChI is InChI=1S/C25H34N2O4S/c1-5-24(21-12-11-19-9-7-8-10-20(19)17-21)26-25(28)18(3)27(32(4,29)30)22-13-15-23(16-14-22)31-6-2/h11-18,24H,5-10H2,1-4H3,(H,26,28). The molecule has 0 heterocycles. The Bertz CT molecular complexity index is 1030. The van der Waals surface area contributed by atoms with Gasteiger partial charge in [-0.25, -0.2) is 8.42 Å². The number of rotatable bonds is 9. The number of ether oxygens (including phenoxy) is 1. The van der Waals surface area contributed by atoms with Gasteiger partial charge in [-0.15, -0.1) is 0 Å². The smallest absolute Gasteiger partial charge is 0.244 e. The molecule has 2 aromatic carbocycles. The maximum atomic E-state index is 13.2. The maximum absolute atomic E-state index is 13.2. The van der Waals surface area contributed by atoms with Gasteiger partial charge in [0.15, 0.2) is 0 Å². The van der Waals surface area contributed by atoms with Gasteiger partial charge in [-0.2, -0.15) is 0 Å². The van der Waals surface area contributed by atoms with Crippen LogP contribution >= 0.6 is 0 Å². The summed E-state index contributed by atoms with van der Waals surface area (Å²) in [7, 11) is -3.67. The Hall–Kier alpha value is -2.54. The Morgan fingerprint density at radius 3 is 2.31 bits per heavy atom. The lowest BCUT2D eigenvalue weighted by Crippen LogP contribution is -2.48. The molecule has 7 heteroatoms. The number of sulfonamides is 1. The highest BCUT2D eigenvalue weighted by atomic mass is 32.2. The van der Waals surface area contributed by atoms with Crippen molar-refractivity contribution >= 4 is 21.6 Å². The van der Waals surface area contributed by atoms with Crippen molar-refractivity contribution in [2.24, 2.45) is 0 Å². The molecule has 0 aromatic heterocycles. The van der Waals surface area contributed by atoms with Crippen LogP contribution < -0.4 is 14.4 Å². The Morgan fingerprint density at radius 2 is 1.72 bits per heavy atom. The highest BCUT2D eigenvalue weighted by molar-refractivity contribution is 7.92. The van der Waals surface area contributed by atoms with Crippen molar-refractivity contribution in [1.82, 2.24) is 5.32 Å². The quantitative estimate of drug-likeness (QED) is 0.605. The van der Waals surface area contributed by atoms with Gasteiger partial charge < -0.3 is 10.1 Å². The molecule has 1 amide bonds. The summed E-state index contributed by atoms with van der Waals surface area (Å²) in [5.74, 6) is 0.328. The second-order valence-electron chi connectivity index (χ2n) is 8.37. The van der Waals surface area contributed by atoms with E-state index in [-0.39, 0.29) is 11.9 Å². The second kappa shape index (κ2) is 10.4. The molecule has 0 bridgehead atoms. The molecule has 0 fully saturated rings. The molecule has 3 rings (SSSR count). The molecule has 2 atom stereocenters. The van der Waals surface area contributed by atoms with E-state index in [1.54, 1.807) is 31.2 Å². The molecular weight excluding hydrogens is 424 g/mol. The molecule has 0 spiro atoms. The summed E-state index contributed by atoms with van der Waals surface area (Å²) < 4.78 is 31.8. The molecule has 0 saturated heterocycles. The Kier molecular flexibility index (Phi) is 7.82. The van der Waals surface area contributed by atoms with E-state index < -0.39 is 16.1 Å².